The zero-order valence-electron chi connectivity index (χ0n) is 10.7. The van der Waals surface area contributed by atoms with Gasteiger partial charge in [0.25, 0.3) is 0 Å². The number of hydrogen-bond acceptors (Lipinski definition) is 4. The molecule has 0 bridgehead atoms. The van der Waals surface area contributed by atoms with Crippen LogP contribution in [0.25, 0.3) is 0 Å². The van der Waals surface area contributed by atoms with Crippen molar-refractivity contribution in [3.05, 3.63) is 47.5 Å². The van der Waals surface area contributed by atoms with E-state index in [1.165, 1.54) is 7.11 Å². The third-order valence-electron chi connectivity index (χ3n) is 2.81. The highest BCUT2D eigenvalue weighted by Gasteiger charge is 2.32. The summed E-state index contributed by atoms with van der Waals surface area (Å²) in [5.74, 6) is 0.419. The maximum Gasteiger partial charge on any atom is 0.225 e. The fourth-order valence-corrected chi connectivity index (χ4v) is 1.95. The van der Waals surface area contributed by atoms with Crippen LogP contribution in [0.1, 0.15) is 19.4 Å². The zero-order chi connectivity index (χ0) is 13.2. The van der Waals surface area contributed by atoms with Crippen LogP contribution in [-0.2, 0) is 4.74 Å². The monoisotopic (exact) mass is 241 g/mol. The van der Waals surface area contributed by atoms with E-state index < -0.39 is 0 Å². The van der Waals surface area contributed by atoms with Gasteiger partial charge in [0.05, 0.1) is 18.4 Å². The zero-order valence-corrected chi connectivity index (χ0v) is 10.7. The van der Waals surface area contributed by atoms with Crippen LogP contribution < -0.4 is 5.32 Å². The number of rotatable bonds is 2. The van der Waals surface area contributed by atoms with E-state index in [4.69, 9.17) is 10.00 Å². The lowest BCUT2D eigenvalue weighted by Crippen LogP contribution is -2.49. The summed E-state index contributed by atoms with van der Waals surface area (Å²) < 4.78 is 5.15. The van der Waals surface area contributed by atoms with E-state index in [0.717, 1.165) is 11.3 Å². The predicted molar refractivity (Wildman–Crippen MR) is 69.8 cm³/mol. The van der Waals surface area contributed by atoms with Crippen molar-refractivity contribution in [3.8, 4) is 6.07 Å². The van der Waals surface area contributed by atoms with Gasteiger partial charge in [0.15, 0.2) is 0 Å². The largest absolute Gasteiger partial charge is 0.480 e. The molecule has 1 aliphatic rings. The van der Waals surface area contributed by atoms with E-state index in [2.05, 4.69) is 10.3 Å². The molecule has 18 heavy (non-hydrogen) atoms. The minimum absolute atomic E-state index is 0.274. The molecule has 0 unspecified atom stereocenters. The smallest absolute Gasteiger partial charge is 0.225 e. The van der Waals surface area contributed by atoms with E-state index in [1.54, 1.807) is 0 Å². The van der Waals surface area contributed by atoms with Crippen LogP contribution in [0.2, 0.25) is 0 Å². The average molecular weight is 241 g/mol. The minimum atomic E-state index is -0.382. The van der Waals surface area contributed by atoms with Gasteiger partial charge in [0.2, 0.25) is 11.6 Å². The van der Waals surface area contributed by atoms with E-state index in [-0.39, 0.29) is 11.2 Å². The van der Waals surface area contributed by atoms with Crippen molar-refractivity contribution in [2.75, 3.05) is 7.11 Å². The van der Waals surface area contributed by atoms with Crippen LogP contribution in [-0.4, -0.2) is 18.4 Å². The summed E-state index contributed by atoms with van der Waals surface area (Å²) in [6.07, 6.45) is 0. The molecule has 0 amide bonds. The Labute approximate surface area is 107 Å². The maximum absolute atomic E-state index is 9.09. The molecule has 0 aromatic heterocycles. The molecular weight excluding hydrogens is 226 g/mol. The Kier molecular flexibility index (Phi) is 3.07. The van der Waals surface area contributed by atoms with Gasteiger partial charge in [-0.25, -0.2) is 4.99 Å². The fraction of sp³-hybridized carbons (Fsp3) is 0.286. The third-order valence-corrected chi connectivity index (χ3v) is 2.81. The van der Waals surface area contributed by atoms with Crippen molar-refractivity contribution in [3.63, 3.8) is 0 Å². The number of nitrogens with one attached hydrogen (secondary N) is 1. The molecule has 1 aromatic rings. The molecular formula is C14H15N3O. The summed E-state index contributed by atoms with van der Waals surface area (Å²) in [5.41, 5.74) is 1.72. The molecule has 2 rings (SSSR count). The second kappa shape index (κ2) is 4.53. The molecule has 4 nitrogen and oxygen atoms in total. The SMILES string of the molecule is COC1=C(C#N)N=C(c2ccccc2)C(C)(C)N1. The Morgan fingerprint density at radius 2 is 1.94 bits per heavy atom. The molecule has 0 fully saturated rings. The standard InChI is InChI=1S/C14H15N3O/c1-14(2)12(10-7-5-4-6-8-10)16-11(9-15)13(17-14)18-3/h4-8,17H,1-3H3. The maximum atomic E-state index is 9.09. The molecule has 0 saturated heterocycles. The Balaban J connectivity index is 2.55. The van der Waals surface area contributed by atoms with Crippen LogP contribution >= 0.6 is 0 Å². The Hall–Kier alpha value is -2.28. The molecule has 4 heteroatoms. The van der Waals surface area contributed by atoms with Gasteiger partial charge in [0.1, 0.15) is 6.07 Å². The van der Waals surface area contributed by atoms with Crippen molar-refractivity contribution in [2.45, 2.75) is 19.4 Å². The van der Waals surface area contributed by atoms with Gasteiger partial charge in [-0.05, 0) is 19.4 Å². The van der Waals surface area contributed by atoms with Crippen LogP contribution in [0.5, 0.6) is 0 Å². The Bertz CT molecular complexity index is 550. The molecule has 1 aromatic carbocycles. The van der Waals surface area contributed by atoms with Crippen molar-refractivity contribution in [2.24, 2.45) is 4.99 Å². The lowest BCUT2D eigenvalue weighted by Gasteiger charge is -2.33. The van der Waals surface area contributed by atoms with Crippen molar-refractivity contribution < 1.29 is 4.74 Å². The summed E-state index contributed by atoms with van der Waals surface area (Å²) in [4.78, 5) is 4.42. The van der Waals surface area contributed by atoms with Gasteiger partial charge < -0.3 is 10.1 Å². The molecule has 0 radical (unpaired) electrons. The van der Waals surface area contributed by atoms with Crippen LogP contribution in [0.4, 0.5) is 0 Å². The van der Waals surface area contributed by atoms with Crippen LogP contribution in [0.3, 0.4) is 0 Å². The van der Waals surface area contributed by atoms with Crippen LogP contribution in [0, 0.1) is 11.3 Å². The molecule has 0 atom stereocenters. The molecule has 1 aliphatic heterocycles. The minimum Gasteiger partial charge on any atom is -0.480 e. The molecule has 0 spiro atoms. The summed E-state index contributed by atoms with van der Waals surface area (Å²) in [6, 6.07) is 11.9. The third kappa shape index (κ3) is 2.07. The highest BCUT2D eigenvalue weighted by atomic mass is 16.5. The lowest BCUT2D eigenvalue weighted by atomic mass is 9.91. The van der Waals surface area contributed by atoms with Gasteiger partial charge >= 0.3 is 0 Å². The first-order valence-corrected chi connectivity index (χ1v) is 5.69. The molecule has 1 N–H and O–H groups in total. The van der Waals surface area contributed by atoms with Gasteiger partial charge in [-0.15, -0.1) is 0 Å². The highest BCUT2D eigenvalue weighted by molar-refractivity contribution is 6.08. The number of allylic oxidation sites excluding steroid dienone is 1. The molecule has 1 heterocycles. The van der Waals surface area contributed by atoms with E-state index in [0.29, 0.717) is 5.88 Å². The van der Waals surface area contributed by atoms with Crippen molar-refractivity contribution in [1.29, 1.82) is 5.26 Å². The number of aliphatic imine (C=N–C) groups is 1. The molecule has 92 valence electrons. The Morgan fingerprint density at radius 3 is 2.50 bits per heavy atom. The fourth-order valence-electron chi connectivity index (χ4n) is 1.95. The number of nitriles is 1. The van der Waals surface area contributed by atoms with E-state index in [1.807, 2.05) is 50.2 Å². The van der Waals surface area contributed by atoms with Gasteiger partial charge in [-0.2, -0.15) is 5.26 Å². The number of ether oxygens (including phenoxy) is 1. The second-order valence-corrected chi connectivity index (χ2v) is 4.57. The van der Waals surface area contributed by atoms with Crippen LogP contribution in [0.15, 0.2) is 46.9 Å². The number of methoxy groups -OCH3 is 1. The lowest BCUT2D eigenvalue weighted by molar-refractivity contribution is 0.238. The predicted octanol–water partition coefficient (Wildman–Crippen LogP) is 2.20. The van der Waals surface area contributed by atoms with Gasteiger partial charge in [-0.3, -0.25) is 0 Å². The topological polar surface area (TPSA) is 57.4 Å². The average Bonchev–Trinajstić information content (AvgIpc) is 2.38. The van der Waals surface area contributed by atoms with E-state index in [9.17, 15) is 0 Å². The van der Waals surface area contributed by atoms with Gasteiger partial charge in [-0.1, -0.05) is 30.3 Å². The van der Waals surface area contributed by atoms with Crippen molar-refractivity contribution >= 4 is 5.71 Å². The number of hydrogen-bond donors (Lipinski definition) is 1. The number of nitrogens with zero attached hydrogens (tertiary/aromatic N) is 2. The summed E-state index contributed by atoms with van der Waals surface area (Å²) in [7, 11) is 1.53. The van der Waals surface area contributed by atoms with Crippen molar-refractivity contribution in [1.82, 2.24) is 5.32 Å². The Morgan fingerprint density at radius 1 is 1.28 bits per heavy atom. The first-order valence-electron chi connectivity index (χ1n) is 5.69. The quantitative estimate of drug-likeness (QED) is 0.863. The summed E-state index contributed by atoms with van der Waals surface area (Å²) >= 11 is 0. The summed E-state index contributed by atoms with van der Waals surface area (Å²) in [6.45, 7) is 4.01. The first-order chi connectivity index (χ1) is 8.58. The summed E-state index contributed by atoms with van der Waals surface area (Å²) in [5, 5.41) is 12.3. The second-order valence-electron chi connectivity index (χ2n) is 4.57. The molecule has 0 aliphatic carbocycles. The van der Waals surface area contributed by atoms with Gasteiger partial charge in [0, 0.05) is 0 Å². The molecule has 0 saturated carbocycles. The first kappa shape index (κ1) is 12.2. The number of benzene rings is 1. The van der Waals surface area contributed by atoms with E-state index >= 15 is 0 Å². The normalized spacial score (nSPS) is 17.6. The highest BCUT2D eigenvalue weighted by Crippen LogP contribution is 2.23.